The number of aryl methyl sites for hydroxylation is 2. The van der Waals surface area contributed by atoms with Crippen LogP contribution in [0.4, 0.5) is 0 Å². The first-order chi connectivity index (χ1) is 12.1. The van der Waals surface area contributed by atoms with Gasteiger partial charge in [0.1, 0.15) is 16.0 Å². The zero-order valence-corrected chi connectivity index (χ0v) is 15.8. The summed E-state index contributed by atoms with van der Waals surface area (Å²) in [5, 5.41) is 0. The Labute approximate surface area is 155 Å². The monoisotopic (exact) mass is 398 g/mol. The number of hydrogen-bond acceptors (Lipinski definition) is 3. The van der Waals surface area contributed by atoms with E-state index in [-0.39, 0.29) is 5.56 Å². The molecule has 3 rings (SSSR count). The number of hydrogen-bond donors (Lipinski definition) is 0. The minimum atomic E-state index is -0.0793. The maximum absolute atomic E-state index is 12.8. The molecule has 0 aliphatic rings. The Morgan fingerprint density at radius 1 is 1.08 bits per heavy atom. The maximum Gasteiger partial charge on any atom is 0.268 e. The number of halogens is 1. The lowest BCUT2D eigenvalue weighted by molar-refractivity contribution is 0.415. The van der Waals surface area contributed by atoms with Crippen molar-refractivity contribution in [2.24, 2.45) is 0 Å². The van der Waals surface area contributed by atoms with Crippen molar-refractivity contribution in [1.29, 1.82) is 0 Å². The van der Waals surface area contributed by atoms with Crippen molar-refractivity contribution in [3.8, 4) is 17.1 Å². The quantitative estimate of drug-likeness (QED) is 0.645. The average Bonchev–Trinajstić information content (AvgIpc) is 2.66. The lowest BCUT2D eigenvalue weighted by atomic mass is 10.1. The number of aromatic nitrogens is 2. The van der Waals surface area contributed by atoms with Crippen LogP contribution in [0.2, 0.25) is 0 Å². The van der Waals surface area contributed by atoms with Gasteiger partial charge in [0.2, 0.25) is 0 Å². The molecule has 0 aliphatic heterocycles. The van der Waals surface area contributed by atoms with Crippen molar-refractivity contribution in [3.63, 3.8) is 0 Å². The van der Waals surface area contributed by atoms with Gasteiger partial charge in [0.15, 0.2) is 0 Å². The number of methoxy groups -OCH3 is 1. The molecule has 0 aliphatic carbocycles. The van der Waals surface area contributed by atoms with E-state index in [0.29, 0.717) is 28.3 Å². The van der Waals surface area contributed by atoms with Crippen molar-refractivity contribution < 1.29 is 4.74 Å². The van der Waals surface area contributed by atoms with Gasteiger partial charge in [0.05, 0.1) is 18.4 Å². The Morgan fingerprint density at radius 3 is 2.48 bits per heavy atom. The van der Waals surface area contributed by atoms with E-state index in [1.165, 1.54) is 5.56 Å². The Kier molecular flexibility index (Phi) is 5.34. The molecule has 1 aromatic heterocycles. The molecule has 0 N–H and O–H groups in total. The smallest absolute Gasteiger partial charge is 0.268 e. The van der Waals surface area contributed by atoms with Gasteiger partial charge in [-0.2, -0.15) is 0 Å². The molecular formula is C20H19BrN2O2. The molecule has 0 unspecified atom stereocenters. The summed E-state index contributed by atoms with van der Waals surface area (Å²) in [6, 6.07) is 17.7. The van der Waals surface area contributed by atoms with Gasteiger partial charge in [0.25, 0.3) is 5.56 Å². The van der Waals surface area contributed by atoms with E-state index >= 15 is 0 Å². The molecule has 0 atom stereocenters. The molecule has 1 heterocycles. The third kappa shape index (κ3) is 3.66. The minimum Gasteiger partial charge on any atom is -0.496 e. The lowest BCUT2D eigenvalue weighted by Crippen LogP contribution is -2.26. The molecule has 0 radical (unpaired) electrons. The van der Waals surface area contributed by atoms with E-state index in [0.717, 1.165) is 12.0 Å². The number of rotatable bonds is 5. The van der Waals surface area contributed by atoms with E-state index in [2.05, 4.69) is 33.0 Å². The molecule has 0 amide bonds. The second kappa shape index (κ2) is 7.66. The molecular weight excluding hydrogens is 380 g/mol. The standard InChI is InChI=1S/C20H19BrN2O2/c1-14-18(21)20(24)23(13-12-15-8-4-3-5-9-15)19(22-14)16-10-6-7-11-17(16)25-2/h3-11H,12-13H2,1-2H3. The topological polar surface area (TPSA) is 44.1 Å². The summed E-state index contributed by atoms with van der Waals surface area (Å²) in [6.07, 6.45) is 0.750. The summed E-state index contributed by atoms with van der Waals surface area (Å²) in [5.74, 6) is 1.32. The van der Waals surface area contributed by atoms with Gasteiger partial charge in [-0.15, -0.1) is 0 Å². The summed E-state index contributed by atoms with van der Waals surface area (Å²) in [7, 11) is 1.62. The normalized spacial score (nSPS) is 10.7. The third-order valence-corrected chi connectivity index (χ3v) is 5.01. The number of nitrogens with zero attached hydrogens (tertiary/aromatic N) is 2. The van der Waals surface area contributed by atoms with Crippen LogP contribution in [0.1, 0.15) is 11.3 Å². The van der Waals surface area contributed by atoms with Gasteiger partial charge >= 0.3 is 0 Å². The van der Waals surface area contributed by atoms with Crippen LogP contribution in [0.5, 0.6) is 5.75 Å². The van der Waals surface area contributed by atoms with Gasteiger partial charge in [-0.25, -0.2) is 4.98 Å². The first-order valence-electron chi connectivity index (χ1n) is 8.06. The van der Waals surface area contributed by atoms with E-state index in [1.54, 1.807) is 11.7 Å². The Hall–Kier alpha value is -2.40. The zero-order valence-electron chi connectivity index (χ0n) is 14.2. The molecule has 0 spiro atoms. The number of para-hydroxylation sites is 1. The average molecular weight is 399 g/mol. The van der Waals surface area contributed by atoms with Gasteiger partial charge in [-0.1, -0.05) is 42.5 Å². The van der Waals surface area contributed by atoms with E-state index < -0.39 is 0 Å². The molecule has 4 nitrogen and oxygen atoms in total. The highest BCUT2D eigenvalue weighted by Crippen LogP contribution is 2.28. The second-order valence-electron chi connectivity index (χ2n) is 5.73. The van der Waals surface area contributed by atoms with Gasteiger partial charge in [-0.3, -0.25) is 9.36 Å². The SMILES string of the molecule is COc1ccccc1-c1nc(C)c(Br)c(=O)n1CCc1ccccc1. The fourth-order valence-electron chi connectivity index (χ4n) is 2.77. The predicted octanol–water partition coefficient (Wildman–Crippen LogP) is 4.23. The van der Waals surface area contributed by atoms with Crippen LogP contribution in [-0.2, 0) is 13.0 Å². The minimum absolute atomic E-state index is 0.0793. The Balaban J connectivity index is 2.10. The van der Waals surface area contributed by atoms with E-state index in [4.69, 9.17) is 4.74 Å². The first-order valence-corrected chi connectivity index (χ1v) is 8.85. The van der Waals surface area contributed by atoms with Crippen LogP contribution >= 0.6 is 15.9 Å². The zero-order chi connectivity index (χ0) is 17.8. The largest absolute Gasteiger partial charge is 0.496 e. The molecule has 0 saturated carbocycles. The van der Waals surface area contributed by atoms with Crippen LogP contribution in [0.25, 0.3) is 11.4 Å². The van der Waals surface area contributed by atoms with Crippen molar-refractivity contribution in [2.75, 3.05) is 7.11 Å². The van der Waals surface area contributed by atoms with Gasteiger partial charge < -0.3 is 4.74 Å². The Bertz CT molecular complexity index is 936. The molecule has 2 aromatic carbocycles. The summed E-state index contributed by atoms with van der Waals surface area (Å²) < 4.78 is 7.67. The maximum atomic E-state index is 12.8. The Morgan fingerprint density at radius 2 is 1.76 bits per heavy atom. The van der Waals surface area contributed by atoms with E-state index in [9.17, 15) is 4.79 Å². The molecule has 5 heteroatoms. The number of benzene rings is 2. The molecule has 3 aromatic rings. The van der Waals surface area contributed by atoms with Gasteiger partial charge in [0, 0.05) is 6.54 Å². The molecule has 25 heavy (non-hydrogen) atoms. The molecule has 0 saturated heterocycles. The lowest BCUT2D eigenvalue weighted by Gasteiger charge is -2.16. The van der Waals surface area contributed by atoms with Crippen LogP contribution in [0, 0.1) is 6.92 Å². The van der Waals surface area contributed by atoms with Crippen LogP contribution in [0.15, 0.2) is 63.9 Å². The summed E-state index contributed by atoms with van der Waals surface area (Å²) in [6.45, 7) is 2.37. The number of ether oxygens (including phenoxy) is 1. The molecule has 0 fully saturated rings. The van der Waals surface area contributed by atoms with Crippen LogP contribution in [0.3, 0.4) is 0 Å². The fourth-order valence-corrected chi connectivity index (χ4v) is 3.07. The molecule has 128 valence electrons. The summed E-state index contributed by atoms with van der Waals surface area (Å²) in [5.41, 5.74) is 2.58. The highest BCUT2D eigenvalue weighted by molar-refractivity contribution is 9.10. The van der Waals surface area contributed by atoms with Crippen molar-refractivity contribution >= 4 is 15.9 Å². The van der Waals surface area contributed by atoms with Crippen molar-refractivity contribution in [2.45, 2.75) is 19.9 Å². The van der Waals surface area contributed by atoms with Crippen LogP contribution in [-0.4, -0.2) is 16.7 Å². The van der Waals surface area contributed by atoms with Crippen molar-refractivity contribution in [3.05, 3.63) is 80.7 Å². The molecule has 0 bridgehead atoms. The highest BCUT2D eigenvalue weighted by atomic mass is 79.9. The second-order valence-corrected chi connectivity index (χ2v) is 6.52. The fraction of sp³-hybridized carbons (Fsp3) is 0.200. The van der Waals surface area contributed by atoms with E-state index in [1.807, 2.05) is 49.4 Å². The van der Waals surface area contributed by atoms with Crippen LogP contribution < -0.4 is 10.3 Å². The third-order valence-electron chi connectivity index (χ3n) is 4.09. The predicted molar refractivity (Wildman–Crippen MR) is 103 cm³/mol. The van der Waals surface area contributed by atoms with Crippen molar-refractivity contribution in [1.82, 2.24) is 9.55 Å². The highest BCUT2D eigenvalue weighted by Gasteiger charge is 2.16. The van der Waals surface area contributed by atoms with Gasteiger partial charge in [-0.05, 0) is 47.0 Å². The first kappa shape index (κ1) is 17.4. The summed E-state index contributed by atoms with van der Waals surface area (Å²) in [4.78, 5) is 17.5. The summed E-state index contributed by atoms with van der Waals surface area (Å²) >= 11 is 3.37.